The van der Waals surface area contributed by atoms with Gasteiger partial charge in [-0.3, -0.25) is 4.79 Å². The van der Waals surface area contributed by atoms with Crippen molar-refractivity contribution in [2.45, 2.75) is 31.8 Å². The lowest BCUT2D eigenvalue weighted by molar-refractivity contribution is -0.135. The first kappa shape index (κ1) is 13.8. The lowest BCUT2D eigenvalue weighted by atomic mass is 9.66. The van der Waals surface area contributed by atoms with Gasteiger partial charge in [0.15, 0.2) is 0 Å². The maximum absolute atomic E-state index is 12.0. The Bertz CT molecular complexity index is 273. The second-order valence-corrected chi connectivity index (χ2v) is 5.38. The van der Waals surface area contributed by atoms with E-state index < -0.39 is 0 Å². The van der Waals surface area contributed by atoms with Gasteiger partial charge >= 0.3 is 0 Å². The highest BCUT2D eigenvalue weighted by Crippen LogP contribution is 2.43. The normalized spacial score (nSPS) is 26.4. The quantitative estimate of drug-likeness (QED) is 0.717. The maximum atomic E-state index is 12.0. The van der Waals surface area contributed by atoms with Crippen LogP contribution in [0, 0.1) is 5.41 Å². The van der Waals surface area contributed by atoms with Gasteiger partial charge in [-0.05, 0) is 24.7 Å². The largest absolute Gasteiger partial charge is 0.385 e. The Labute approximate surface area is 109 Å². The van der Waals surface area contributed by atoms with Crippen LogP contribution in [0.3, 0.4) is 0 Å². The number of carbonyl (C=O) groups is 1. The summed E-state index contributed by atoms with van der Waals surface area (Å²) in [5.41, 5.74) is 0.272. The Hall–Kier alpha value is -0.650. The van der Waals surface area contributed by atoms with Crippen LogP contribution in [0.15, 0.2) is 0 Å². The van der Waals surface area contributed by atoms with Gasteiger partial charge in [0.2, 0.25) is 5.91 Å². The summed E-state index contributed by atoms with van der Waals surface area (Å²) in [5, 5.41) is 6.21. The average Bonchev–Trinajstić information content (AvgIpc) is 2.38. The van der Waals surface area contributed by atoms with Gasteiger partial charge in [0.05, 0.1) is 6.61 Å². The maximum Gasteiger partial charge on any atom is 0.250 e. The zero-order chi connectivity index (χ0) is 12.8. The van der Waals surface area contributed by atoms with Gasteiger partial charge in [0, 0.05) is 33.4 Å². The number of rotatable bonds is 6. The third-order valence-electron chi connectivity index (χ3n) is 4.11. The Kier molecular flexibility index (Phi) is 4.97. The molecule has 1 heterocycles. The molecule has 5 nitrogen and oxygen atoms in total. The second-order valence-electron chi connectivity index (χ2n) is 5.38. The van der Waals surface area contributed by atoms with Crippen molar-refractivity contribution in [3.63, 3.8) is 0 Å². The summed E-state index contributed by atoms with van der Waals surface area (Å²) in [4.78, 5) is 12.0. The standard InChI is InChI=1S/C13H24N2O3/c1-17-7-5-13(3-2-4-13)10-15-12(16)11-9-14-6-8-18-11/h11,14H,2-10H2,1H3,(H,15,16). The fourth-order valence-electron chi connectivity index (χ4n) is 2.63. The summed E-state index contributed by atoms with van der Waals surface area (Å²) in [5.74, 6) is 0.0193. The zero-order valence-electron chi connectivity index (χ0n) is 11.2. The van der Waals surface area contributed by atoms with E-state index >= 15 is 0 Å². The molecule has 0 radical (unpaired) electrons. The van der Waals surface area contributed by atoms with E-state index in [9.17, 15) is 4.79 Å². The van der Waals surface area contributed by atoms with Crippen molar-refractivity contribution in [3.05, 3.63) is 0 Å². The van der Waals surface area contributed by atoms with Crippen LogP contribution in [0.4, 0.5) is 0 Å². The van der Waals surface area contributed by atoms with Crippen molar-refractivity contribution in [1.29, 1.82) is 0 Å². The summed E-state index contributed by atoms with van der Waals surface area (Å²) in [6.07, 6.45) is 4.37. The van der Waals surface area contributed by atoms with Crippen LogP contribution >= 0.6 is 0 Å². The van der Waals surface area contributed by atoms with E-state index in [0.717, 1.165) is 26.1 Å². The summed E-state index contributed by atoms with van der Waals surface area (Å²) in [7, 11) is 1.73. The monoisotopic (exact) mass is 256 g/mol. The van der Waals surface area contributed by atoms with Crippen molar-refractivity contribution in [3.8, 4) is 0 Å². The van der Waals surface area contributed by atoms with Crippen molar-refractivity contribution in [1.82, 2.24) is 10.6 Å². The van der Waals surface area contributed by atoms with E-state index in [4.69, 9.17) is 9.47 Å². The van der Waals surface area contributed by atoms with Crippen LogP contribution < -0.4 is 10.6 Å². The number of amides is 1. The Balaban J connectivity index is 1.73. The lowest BCUT2D eigenvalue weighted by Crippen LogP contribution is -2.51. The predicted octanol–water partition coefficient (Wildman–Crippen LogP) is 0.298. The van der Waals surface area contributed by atoms with Crippen molar-refractivity contribution in [2.24, 2.45) is 5.41 Å². The molecule has 0 aromatic rings. The predicted molar refractivity (Wildman–Crippen MR) is 68.4 cm³/mol. The van der Waals surface area contributed by atoms with Gasteiger partial charge in [-0.15, -0.1) is 0 Å². The van der Waals surface area contributed by atoms with Crippen LogP contribution in [-0.4, -0.2) is 52.0 Å². The molecule has 1 amide bonds. The number of carbonyl (C=O) groups excluding carboxylic acids is 1. The zero-order valence-corrected chi connectivity index (χ0v) is 11.2. The van der Waals surface area contributed by atoms with Crippen molar-refractivity contribution < 1.29 is 14.3 Å². The van der Waals surface area contributed by atoms with E-state index in [1.54, 1.807) is 7.11 Å². The third-order valence-corrected chi connectivity index (χ3v) is 4.11. The van der Waals surface area contributed by atoms with Crippen LogP contribution in [0.1, 0.15) is 25.7 Å². The fourth-order valence-corrected chi connectivity index (χ4v) is 2.63. The van der Waals surface area contributed by atoms with Gasteiger partial charge in [0.1, 0.15) is 6.10 Å². The molecule has 1 unspecified atom stereocenters. The highest BCUT2D eigenvalue weighted by Gasteiger charge is 2.37. The number of hydrogen-bond donors (Lipinski definition) is 2. The van der Waals surface area contributed by atoms with Gasteiger partial charge in [-0.1, -0.05) is 6.42 Å². The second kappa shape index (κ2) is 6.50. The van der Waals surface area contributed by atoms with Crippen LogP contribution in [0.25, 0.3) is 0 Å². The molecule has 2 N–H and O–H groups in total. The molecule has 1 aliphatic heterocycles. The number of ether oxygens (including phenoxy) is 2. The third kappa shape index (κ3) is 3.43. The summed E-state index contributed by atoms with van der Waals surface area (Å²) >= 11 is 0. The first-order valence-corrected chi connectivity index (χ1v) is 6.85. The van der Waals surface area contributed by atoms with Gasteiger partial charge in [-0.25, -0.2) is 0 Å². The molecule has 1 saturated heterocycles. The molecule has 1 saturated carbocycles. The molecule has 2 aliphatic rings. The van der Waals surface area contributed by atoms with Gasteiger partial charge in [-0.2, -0.15) is 0 Å². The van der Waals surface area contributed by atoms with E-state index in [1.165, 1.54) is 19.3 Å². The average molecular weight is 256 g/mol. The molecule has 0 bridgehead atoms. The Morgan fingerprint density at radius 1 is 1.56 bits per heavy atom. The van der Waals surface area contributed by atoms with Crippen molar-refractivity contribution >= 4 is 5.91 Å². The highest BCUT2D eigenvalue weighted by molar-refractivity contribution is 5.81. The summed E-state index contributed by atoms with van der Waals surface area (Å²) in [6, 6.07) is 0. The molecular weight excluding hydrogens is 232 g/mol. The minimum Gasteiger partial charge on any atom is -0.385 e. The molecule has 0 spiro atoms. The SMILES string of the molecule is COCCC1(CNC(=O)C2CNCCO2)CCC1. The lowest BCUT2D eigenvalue weighted by Gasteiger charge is -2.42. The molecule has 5 heteroatoms. The smallest absolute Gasteiger partial charge is 0.250 e. The topological polar surface area (TPSA) is 59.6 Å². The first-order valence-electron chi connectivity index (χ1n) is 6.85. The minimum atomic E-state index is -0.321. The van der Waals surface area contributed by atoms with Gasteiger partial charge in [0.25, 0.3) is 0 Å². The van der Waals surface area contributed by atoms with E-state index in [1.807, 2.05) is 0 Å². The molecule has 1 aliphatic carbocycles. The van der Waals surface area contributed by atoms with Gasteiger partial charge < -0.3 is 20.1 Å². The first-order chi connectivity index (χ1) is 8.76. The molecule has 2 rings (SSSR count). The molecule has 18 heavy (non-hydrogen) atoms. The number of nitrogens with one attached hydrogen (secondary N) is 2. The Morgan fingerprint density at radius 2 is 2.39 bits per heavy atom. The molecule has 2 fully saturated rings. The fraction of sp³-hybridized carbons (Fsp3) is 0.923. The number of morpholine rings is 1. The highest BCUT2D eigenvalue weighted by atomic mass is 16.5. The summed E-state index contributed by atoms with van der Waals surface area (Å²) < 4.78 is 10.6. The minimum absolute atomic E-state index is 0.0193. The summed E-state index contributed by atoms with van der Waals surface area (Å²) in [6.45, 7) is 3.61. The molecule has 0 aromatic carbocycles. The van der Waals surface area contributed by atoms with Crippen LogP contribution in [0.5, 0.6) is 0 Å². The van der Waals surface area contributed by atoms with Crippen LogP contribution in [0.2, 0.25) is 0 Å². The Morgan fingerprint density at radius 3 is 2.94 bits per heavy atom. The van der Waals surface area contributed by atoms with E-state index in [0.29, 0.717) is 13.2 Å². The van der Waals surface area contributed by atoms with E-state index in [2.05, 4.69) is 10.6 Å². The number of methoxy groups -OCH3 is 1. The number of hydrogen-bond acceptors (Lipinski definition) is 4. The molecular formula is C13H24N2O3. The van der Waals surface area contributed by atoms with Crippen molar-refractivity contribution in [2.75, 3.05) is 40.0 Å². The molecule has 1 atom stereocenters. The van der Waals surface area contributed by atoms with E-state index in [-0.39, 0.29) is 17.4 Å². The molecule has 0 aromatic heterocycles. The van der Waals surface area contributed by atoms with Crippen LogP contribution in [-0.2, 0) is 14.3 Å². The molecule has 104 valence electrons.